The number of amides is 1. The summed E-state index contributed by atoms with van der Waals surface area (Å²) in [5.41, 5.74) is 2.98. The summed E-state index contributed by atoms with van der Waals surface area (Å²) in [5.74, 6) is -0.806. The Morgan fingerprint density at radius 1 is 1.00 bits per heavy atom. The minimum Gasteiger partial charge on any atom is -0.508 e. The highest BCUT2D eigenvalue weighted by molar-refractivity contribution is 6.46. The molecule has 1 fully saturated rings. The van der Waals surface area contributed by atoms with Crippen LogP contribution in [0.2, 0.25) is 0 Å². The average molecular weight is 472 g/mol. The second kappa shape index (κ2) is 10.5. The van der Waals surface area contributed by atoms with Crippen LogP contribution >= 0.6 is 0 Å². The third-order valence-corrected chi connectivity index (χ3v) is 6.19. The van der Waals surface area contributed by atoms with E-state index >= 15 is 0 Å². The number of hydrogen-bond acceptors (Lipinski definition) is 5. The van der Waals surface area contributed by atoms with Crippen molar-refractivity contribution in [3.63, 3.8) is 0 Å². The van der Waals surface area contributed by atoms with E-state index < -0.39 is 17.7 Å². The lowest BCUT2D eigenvalue weighted by Crippen LogP contribution is -2.30. The molecule has 3 aromatic rings. The van der Waals surface area contributed by atoms with Gasteiger partial charge >= 0.3 is 0 Å². The molecule has 1 aliphatic rings. The van der Waals surface area contributed by atoms with Crippen LogP contribution in [0.3, 0.4) is 0 Å². The van der Waals surface area contributed by atoms with E-state index in [1.807, 2.05) is 44.2 Å². The maximum absolute atomic E-state index is 13.1. The van der Waals surface area contributed by atoms with Crippen molar-refractivity contribution in [1.29, 1.82) is 0 Å². The number of unbranched alkanes of at least 4 members (excludes halogenated alkanes) is 1. The normalized spacial score (nSPS) is 17.1. The predicted molar refractivity (Wildman–Crippen MR) is 134 cm³/mol. The van der Waals surface area contributed by atoms with E-state index in [9.17, 15) is 19.8 Å². The molecule has 1 aliphatic heterocycles. The first kappa shape index (κ1) is 24.1. The van der Waals surface area contributed by atoms with E-state index in [-0.39, 0.29) is 17.1 Å². The third-order valence-electron chi connectivity index (χ3n) is 6.19. The van der Waals surface area contributed by atoms with E-state index in [0.29, 0.717) is 30.0 Å². The monoisotopic (exact) mass is 471 g/mol. The number of carbonyl (C=O) groups excluding carboxylic acids is 2. The lowest BCUT2D eigenvalue weighted by atomic mass is 9.94. The number of benzene rings is 3. The average Bonchev–Trinajstić information content (AvgIpc) is 3.12. The summed E-state index contributed by atoms with van der Waals surface area (Å²) in [6, 6.07) is 20.7. The van der Waals surface area contributed by atoms with E-state index in [0.717, 1.165) is 24.0 Å². The van der Waals surface area contributed by atoms with E-state index in [1.165, 1.54) is 17.0 Å². The number of phenolic OH excluding ortho intramolecular Hbond substituents is 1. The quantitative estimate of drug-likeness (QED) is 0.257. The number of likely N-dealkylation sites (tertiary alicyclic amines) is 1. The highest BCUT2D eigenvalue weighted by atomic mass is 16.5. The molecule has 3 aromatic carbocycles. The van der Waals surface area contributed by atoms with E-state index in [4.69, 9.17) is 4.74 Å². The number of aliphatic hydroxyl groups excluding tert-OH is 1. The second-order valence-corrected chi connectivity index (χ2v) is 8.69. The van der Waals surface area contributed by atoms with Crippen LogP contribution in [0.25, 0.3) is 5.76 Å². The first-order valence-corrected chi connectivity index (χ1v) is 11.8. The van der Waals surface area contributed by atoms with Gasteiger partial charge in [-0.25, -0.2) is 0 Å². The Kier molecular flexibility index (Phi) is 7.20. The summed E-state index contributed by atoms with van der Waals surface area (Å²) >= 11 is 0. The van der Waals surface area contributed by atoms with Crippen LogP contribution < -0.4 is 4.74 Å². The molecule has 0 aromatic heterocycles. The molecule has 6 nitrogen and oxygen atoms in total. The summed E-state index contributed by atoms with van der Waals surface area (Å²) in [5, 5.41) is 21.0. The van der Waals surface area contributed by atoms with Gasteiger partial charge in [-0.2, -0.15) is 0 Å². The maximum Gasteiger partial charge on any atom is 0.295 e. The molecule has 1 saturated heterocycles. The lowest BCUT2D eigenvalue weighted by molar-refractivity contribution is -0.139. The predicted octanol–water partition coefficient (Wildman–Crippen LogP) is 5.50. The number of ketones is 1. The summed E-state index contributed by atoms with van der Waals surface area (Å²) in [6.07, 6.45) is 1.59. The number of Topliss-reactive ketones (excluding diaryl/α,β-unsaturated/α-hetero) is 1. The van der Waals surface area contributed by atoms with Gasteiger partial charge in [-0.15, -0.1) is 0 Å². The van der Waals surface area contributed by atoms with Gasteiger partial charge in [0.15, 0.2) is 0 Å². The summed E-state index contributed by atoms with van der Waals surface area (Å²) in [4.78, 5) is 27.5. The molecule has 4 rings (SSSR count). The molecule has 2 N–H and O–H groups in total. The van der Waals surface area contributed by atoms with E-state index in [1.54, 1.807) is 30.3 Å². The highest BCUT2D eigenvalue weighted by Gasteiger charge is 2.45. The van der Waals surface area contributed by atoms with Crippen LogP contribution in [-0.4, -0.2) is 33.3 Å². The number of aliphatic hydroxyl groups is 1. The van der Waals surface area contributed by atoms with Gasteiger partial charge in [-0.05, 0) is 60.4 Å². The molecule has 1 unspecified atom stereocenters. The van der Waals surface area contributed by atoms with E-state index in [2.05, 4.69) is 0 Å². The molecule has 0 aliphatic carbocycles. The van der Waals surface area contributed by atoms with Crippen molar-refractivity contribution in [2.75, 3.05) is 6.54 Å². The Bertz CT molecular complexity index is 1250. The number of carbonyl (C=O) groups is 2. The largest absolute Gasteiger partial charge is 0.508 e. The molecule has 1 atom stereocenters. The zero-order chi connectivity index (χ0) is 24.9. The fourth-order valence-electron chi connectivity index (χ4n) is 4.29. The number of rotatable bonds is 8. The van der Waals surface area contributed by atoms with Crippen LogP contribution in [0.5, 0.6) is 11.5 Å². The number of aryl methyl sites for hydroxylation is 1. The molecular formula is C29H29NO5. The third kappa shape index (κ3) is 5.06. The molecule has 1 heterocycles. The molecule has 35 heavy (non-hydrogen) atoms. The van der Waals surface area contributed by atoms with Crippen LogP contribution in [0, 0.1) is 6.92 Å². The van der Waals surface area contributed by atoms with Gasteiger partial charge in [0.1, 0.15) is 23.9 Å². The van der Waals surface area contributed by atoms with Gasteiger partial charge in [0.2, 0.25) is 0 Å². The summed E-state index contributed by atoms with van der Waals surface area (Å²) in [7, 11) is 0. The Morgan fingerprint density at radius 2 is 1.71 bits per heavy atom. The van der Waals surface area contributed by atoms with Gasteiger partial charge < -0.3 is 19.8 Å². The smallest absolute Gasteiger partial charge is 0.295 e. The van der Waals surface area contributed by atoms with Crippen LogP contribution in [0.1, 0.15) is 48.1 Å². The van der Waals surface area contributed by atoms with Gasteiger partial charge in [0.05, 0.1) is 11.6 Å². The van der Waals surface area contributed by atoms with Crippen molar-refractivity contribution in [3.8, 4) is 11.5 Å². The van der Waals surface area contributed by atoms with Crippen molar-refractivity contribution >= 4 is 17.4 Å². The molecule has 0 bridgehead atoms. The second-order valence-electron chi connectivity index (χ2n) is 8.69. The molecule has 0 spiro atoms. The molecule has 0 radical (unpaired) electrons. The van der Waals surface area contributed by atoms with Gasteiger partial charge in [-0.1, -0.05) is 55.8 Å². The standard InChI is InChI=1S/C29H29NO5/c1-3-4-16-30-26(21-10-13-23(31)14-11-21)25(28(33)29(30)34)27(32)22-12-15-24(19(2)17-22)35-18-20-8-6-5-7-9-20/h5-15,17,26,31-32H,3-4,16,18H2,1-2H3/b27-25-. The van der Waals surface area contributed by atoms with Crippen molar-refractivity contribution in [2.24, 2.45) is 0 Å². The van der Waals surface area contributed by atoms with Crippen LogP contribution in [0.4, 0.5) is 0 Å². The minimum atomic E-state index is -0.725. The van der Waals surface area contributed by atoms with Crippen molar-refractivity contribution < 1.29 is 24.5 Å². The van der Waals surface area contributed by atoms with Crippen molar-refractivity contribution in [3.05, 3.63) is 101 Å². The first-order valence-electron chi connectivity index (χ1n) is 11.8. The zero-order valence-electron chi connectivity index (χ0n) is 19.9. The van der Waals surface area contributed by atoms with Gasteiger partial charge in [-0.3, -0.25) is 9.59 Å². The molecule has 1 amide bonds. The van der Waals surface area contributed by atoms with Gasteiger partial charge in [0, 0.05) is 12.1 Å². The number of aromatic hydroxyl groups is 1. The van der Waals surface area contributed by atoms with Crippen LogP contribution in [0.15, 0.2) is 78.4 Å². The van der Waals surface area contributed by atoms with Gasteiger partial charge in [0.25, 0.3) is 11.7 Å². The Labute approximate surface area is 205 Å². The lowest BCUT2D eigenvalue weighted by Gasteiger charge is -2.25. The first-order chi connectivity index (χ1) is 16.9. The van der Waals surface area contributed by atoms with Crippen molar-refractivity contribution in [1.82, 2.24) is 4.90 Å². The van der Waals surface area contributed by atoms with Crippen molar-refractivity contribution in [2.45, 2.75) is 39.3 Å². The Hall–Kier alpha value is -4.06. The fourth-order valence-corrected chi connectivity index (χ4v) is 4.29. The number of ether oxygens (including phenoxy) is 1. The number of nitrogens with zero attached hydrogens (tertiary/aromatic N) is 1. The topological polar surface area (TPSA) is 87.1 Å². The Balaban J connectivity index is 1.69. The maximum atomic E-state index is 13.1. The molecular weight excluding hydrogens is 442 g/mol. The molecule has 180 valence electrons. The summed E-state index contributed by atoms with van der Waals surface area (Å²) in [6.45, 7) is 4.69. The summed E-state index contributed by atoms with van der Waals surface area (Å²) < 4.78 is 5.93. The molecule has 0 saturated carbocycles. The SMILES string of the molecule is CCCCN1C(=O)C(=O)/C(=C(\O)c2ccc(OCc3ccccc3)c(C)c2)C1c1ccc(O)cc1. The minimum absolute atomic E-state index is 0.0501. The zero-order valence-corrected chi connectivity index (χ0v) is 19.9. The number of hydrogen-bond donors (Lipinski definition) is 2. The van der Waals surface area contributed by atoms with Crippen LogP contribution in [-0.2, 0) is 16.2 Å². The molecule has 6 heteroatoms. The Morgan fingerprint density at radius 3 is 2.37 bits per heavy atom. The highest BCUT2D eigenvalue weighted by Crippen LogP contribution is 2.40. The fraction of sp³-hybridized carbons (Fsp3) is 0.241. The number of phenols is 1.